The van der Waals surface area contributed by atoms with Gasteiger partial charge in [0.05, 0.1) is 17.7 Å². The van der Waals surface area contributed by atoms with Gasteiger partial charge in [-0.15, -0.1) is 11.8 Å². The zero-order valence-corrected chi connectivity index (χ0v) is 9.00. The molecule has 0 aliphatic heterocycles. The third-order valence-corrected chi connectivity index (χ3v) is 3.23. The number of nitrogens with one attached hydrogen (secondary N) is 1. The van der Waals surface area contributed by atoms with Crippen molar-refractivity contribution in [2.24, 2.45) is 0 Å². The van der Waals surface area contributed by atoms with Gasteiger partial charge < -0.3 is 15.2 Å². The van der Waals surface area contributed by atoms with Crippen molar-refractivity contribution in [3.8, 4) is 0 Å². The summed E-state index contributed by atoms with van der Waals surface area (Å²) in [6.45, 7) is -0.187. The summed E-state index contributed by atoms with van der Waals surface area (Å²) >= 11 is 1.51. The Bertz CT molecular complexity index is 408. The zero-order valence-electron chi connectivity index (χ0n) is 8.18. The second-order valence-corrected chi connectivity index (χ2v) is 4.43. The van der Waals surface area contributed by atoms with Crippen LogP contribution in [0.25, 0.3) is 10.9 Å². The molecule has 4 heteroatoms. The molecule has 1 unspecified atom stereocenters. The molecule has 1 heterocycles. The Labute approximate surface area is 92.1 Å². The number of aromatic nitrogens is 1. The molecule has 0 saturated heterocycles. The van der Waals surface area contributed by atoms with Gasteiger partial charge in [-0.1, -0.05) is 18.2 Å². The van der Waals surface area contributed by atoms with Crippen LogP contribution < -0.4 is 0 Å². The SMILES string of the molecule is OCC(O)CSc1cc2ccccc2[nH]1. The van der Waals surface area contributed by atoms with Gasteiger partial charge in [-0.05, 0) is 12.1 Å². The molecule has 0 aliphatic carbocycles. The Morgan fingerprint density at radius 1 is 1.33 bits per heavy atom. The number of rotatable bonds is 4. The predicted octanol–water partition coefficient (Wildman–Crippen LogP) is 1.61. The van der Waals surface area contributed by atoms with Crippen LogP contribution in [0.5, 0.6) is 0 Å². The average Bonchev–Trinajstić information content (AvgIpc) is 2.68. The molecule has 3 N–H and O–H groups in total. The van der Waals surface area contributed by atoms with Crippen LogP contribution in [0.15, 0.2) is 35.4 Å². The molecule has 0 amide bonds. The number of hydrogen-bond donors (Lipinski definition) is 3. The molecular weight excluding hydrogens is 210 g/mol. The van der Waals surface area contributed by atoms with Gasteiger partial charge in [0, 0.05) is 16.7 Å². The highest BCUT2D eigenvalue weighted by Crippen LogP contribution is 2.23. The van der Waals surface area contributed by atoms with E-state index in [1.54, 1.807) is 0 Å². The van der Waals surface area contributed by atoms with Crippen molar-refractivity contribution in [1.29, 1.82) is 0 Å². The number of aliphatic hydroxyl groups excluding tert-OH is 2. The standard InChI is InChI=1S/C11H13NO2S/c13-6-9(14)7-15-11-5-8-3-1-2-4-10(8)12-11/h1-5,9,12-14H,6-7H2. The number of aliphatic hydroxyl groups is 2. The van der Waals surface area contributed by atoms with E-state index >= 15 is 0 Å². The highest BCUT2D eigenvalue weighted by Gasteiger charge is 2.05. The minimum absolute atomic E-state index is 0.187. The number of aromatic amines is 1. The van der Waals surface area contributed by atoms with Crippen molar-refractivity contribution >= 4 is 22.7 Å². The summed E-state index contributed by atoms with van der Waals surface area (Å²) in [5, 5.41) is 20.1. The lowest BCUT2D eigenvalue weighted by Gasteiger charge is -2.03. The number of thioether (sulfide) groups is 1. The van der Waals surface area contributed by atoms with Gasteiger partial charge in [0.25, 0.3) is 0 Å². The van der Waals surface area contributed by atoms with Crippen molar-refractivity contribution in [1.82, 2.24) is 4.98 Å². The van der Waals surface area contributed by atoms with Gasteiger partial charge in [0.1, 0.15) is 0 Å². The van der Waals surface area contributed by atoms with Gasteiger partial charge in [-0.3, -0.25) is 0 Å². The maximum atomic E-state index is 9.21. The van der Waals surface area contributed by atoms with E-state index in [9.17, 15) is 5.11 Å². The molecule has 0 aliphatic rings. The summed E-state index contributed by atoms with van der Waals surface area (Å²) in [5.41, 5.74) is 1.10. The summed E-state index contributed by atoms with van der Waals surface area (Å²) in [6.07, 6.45) is -0.651. The molecule has 1 aromatic carbocycles. The fourth-order valence-corrected chi connectivity index (χ4v) is 2.23. The van der Waals surface area contributed by atoms with Crippen LogP contribution in [0.2, 0.25) is 0 Å². The van der Waals surface area contributed by atoms with E-state index in [1.165, 1.54) is 17.1 Å². The van der Waals surface area contributed by atoms with Gasteiger partial charge in [0.15, 0.2) is 0 Å². The van der Waals surface area contributed by atoms with Crippen molar-refractivity contribution in [3.05, 3.63) is 30.3 Å². The number of hydrogen-bond acceptors (Lipinski definition) is 3. The normalized spacial score (nSPS) is 13.2. The lowest BCUT2D eigenvalue weighted by Crippen LogP contribution is -2.14. The van der Waals surface area contributed by atoms with Crippen LogP contribution >= 0.6 is 11.8 Å². The van der Waals surface area contributed by atoms with Crippen molar-refractivity contribution < 1.29 is 10.2 Å². The predicted molar refractivity (Wildman–Crippen MR) is 62.1 cm³/mol. The van der Waals surface area contributed by atoms with Gasteiger partial charge in [0.2, 0.25) is 0 Å². The van der Waals surface area contributed by atoms with Crippen LogP contribution in [-0.4, -0.2) is 33.7 Å². The first-order chi connectivity index (χ1) is 7.29. The van der Waals surface area contributed by atoms with E-state index in [0.717, 1.165) is 10.5 Å². The molecule has 2 rings (SSSR count). The van der Waals surface area contributed by atoms with Crippen LogP contribution in [0.3, 0.4) is 0 Å². The monoisotopic (exact) mass is 223 g/mol. The quantitative estimate of drug-likeness (QED) is 0.690. The topological polar surface area (TPSA) is 56.2 Å². The number of fused-ring (bicyclic) bond motifs is 1. The summed E-state index contributed by atoms with van der Waals surface area (Å²) in [6, 6.07) is 10.1. The lowest BCUT2D eigenvalue weighted by atomic mass is 10.3. The largest absolute Gasteiger partial charge is 0.394 e. The van der Waals surface area contributed by atoms with Crippen LogP contribution in [0.1, 0.15) is 0 Å². The smallest absolute Gasteiger partial charge is 0.0865 e. The highest BCUT2D eigenvalue weighted by molar-refractivity contribution is 7.99. The minimum atomic E-state index is -0.651. The summed E-state index contributed by atoms with van der Waals surface area (Å²) in [4.78, 5) is 3.25. The highest BCUT2D eigenvalue weighted by atomic mass is 32.2. The van der Waals surface area contributed by atoms with E-state index < -0.39 is 6.10 Å². The molecule has 1 aromatic heterocycles. The maximum Gasteiger partial charge on any atom is 0.0865 e. The Balaban J connectivity index is 2.09. The first-order valence-corrected chi connectivity index (χ1v) is 5.77. The van der Waals surface area contributed by atoms with Crippen LogP contribution in [0.4, 0.5) is 0 Å². The van der Waals surface area contributed by atoms with Gasteiger partial charge >= 0.3 is 0 Å². The van der Waals surface area contributed by atoms with E-state index in [2.05, 4.69) is 4.98 Å². The Morgan fingerprint density at radius 3 is 2.87 bits per heavy atom. The van der Waals surface area contributed by atoms with Crippen LogP contribution in [-0.2, 0) is 0 Å². The van der Waals surface area contributed by atoms with E-state index in [0.29, 0.717) is 5.75 Å². The molecule has 0 radical (unpaired) electrons. The third-order valence-electron chi connectivity index (χ3n) is 2.15. The molecule has 80 valence electrons. The second-order valence-electron chi connectivity index (χ2n) is 3.37. The first-order valence-electron chi connectivity index (χ1n) is 4.79. The Hall–Kier alpha value is -0.970. The molecule has 3 nitrogen and oxygen atoms in total. The maximum absolute atomic E-state index is 9.21. The number of para-hydroxylation sites is 1. The average molecular weight is 223 g/mol. The zero-order chi connectivity index (χ0) is 10.7. The van der Waals surface area contributed by atoms with Crippen LogP contribution in [0, 0.1) is 0 Å². The van der Waals surface area contributed by atoms with Gasteiger partial charge in [-0.2, -0.15) is 0 Å². The molecule has 0 saturated carbocycles. The molecule has 2 aromatic rings. The fourth-order valence-electron chi connectivity index (χ4n) is 1.36. The van der Waals surface area contributed by atoms with E-state index in [1.807, 2.05) is 30.3 Å². The molecule has 0 bridgehead atoms. The summed E-state index contributed by atoms with van der Waals surface area (Å²) in [7, 11) is 0. The Morgan fingerprint density at radius 2 is 2.13 bits per heavy atom. The third kappa shape index (κ3) is 2.53. The number of benzene rings is 1. The summed E-state index contributed by atoms with van der Waals surface area (Å²) < 4.78 is 0. The molecule has 0 fully saturated rings. The van der Waals surface area contributed by atoms with Crippen molar-refractivity contribution in [2.75, 3.05) is 12.4 Å². The van der Waals surface area contributed by atoms with Crippen molar-refractivity contribution in [2.45, 2.75) is 11.1 Å². The molecule has 15 heavy (non-hydrogen) atoms. The number of H-pyrrole nitrogens is 1. The molecule has 0 spiro atoms. The van der Waals surface area contributed by atoms with Gasteiger partial charge in [-0.25, -0.2) is 0 Å². The molecular formula is C11H13NO2S. The second kappa shape index (κ2) is 4.70. The fraction of sp³-hybridized carbons (Fsp3) is 0.273. The molecule has 1 atom stereocenters. The lowest BCUT2D eigenvalue weighted by molar-refractivity contribution is 0.113. The minimum Gasteiger partial charge on any atom is -0.394 e. The van der Waals surface area contributed by atoms with E-state index in [4.69, 9.17) is 5.11 Å². The Kier molecular flexibility index (Phi) is 3.30. The van der Waals surface area contributed by atoms with E-state index in [-0.39, 0.29) is 6.61 Å². The summed E-state index contributed by atoms with van der Waals surface area (Å²) in [5.74, 6) is 0.503. The van der Waals surface area contributed by atoms with Crippen molar-refractivity contribution in [3.63, 3.8) is 0 Å². The first kappa shape index (κ1) is 10.5.